The molecule has 0 radical (unpaired) electrons. The van der Waals surface area contributed by atoms with Crippen LogP contribution in [0.2, 0.25) is 0 Å². The van der Waals surface area contributed by atoms with Crippen molar-refractivity contribution in [1.29, 1.82) is 0 Å². The lowest BCUT2D eigenvalue weighted by atomic mass is 9.81. The van der Waals surface area contributed by atoms with E-state index in [1.54, 1.807) is 7.11 Å². The van der Waals surface area contributed by atoms with Crippen molar-refractivity contribution in [3.63, 3.8) is 0 Å². The van der Waals surface area contributed by atoms with E-state index in [4.69, 9.17) is 9.47 Å². The van der Waals surface area contributed by atoms with Gasteiger partial charge < -0.3 is 20.1 Å². The molecule has 2 N–H and O–H groups in total. The Labute approximate surface area is 149 Å². The highest BCUT2D eigenvalue weighted by atomic mass is 16.5. The van der Waals surface area contributed by atoms with Crippen LogP contribution in [0, 0.1) is 11.8 Å². The first-order valence-electron chi connectivity index (χ1n) is 8.95. The van der Waals surface area contributed by atoms with Crippen molar-refractivity contribution >= 4 is 17.5 Å². The summed E-state index contributed by atoms with van der Waals surface area (Å²) in [6.07, 6.45) is 2.93. The predicted molar refractivity (Wildman–Crippen MR) is 96.6 cm³/mol. The first kappa shape index (κ1) is 19.2. The summed E-state index contributed by atoms with van der Waals surface area (Å²) in [4.78, 5) is 24.6. The van der Waals surface area contributed by atoms with Crippen LogP contribution >= 0.6 is 0 Å². The fourth-order valence-corrected chi connectivity index (χ4v) is 3.12. The molecule has 2 rings (SSSR count). The SMILES string of the molecule is CCOc1ccccc1NC(=O)C1CCC(C(=O)NCCOC)CC1. The molecule has 0 unspecified atom stereocenters. The van der Waals surface area contributed by atoms with Gasteiger partial charge in [0.1, 0.15) is 5.75 Å². The lowest BCUT2D eigenvalue weighted by molar-refractivity contribution is -0.128. The maximum atomic E-state index is 12.5. The van der Waals surface area contributed by atoms with Gasteiger partial charge in [0.25, 0.3) is 0 Å². The Morgan fingerprint density at radius 2 is 1.72 bits per heavy atom. The summed E-state index contributed by atoms with van der Waals surface area (Å²) in [7, 11) is 1.61. The molecule has 2 amide bonds. The van der Waals surface area contributed by atoms with Crippen molar-refractivity contribution in [2.75, 3.05) is 32.2 Å². The molecule has 25 heavy (non-hydrogen) atoms. The predicted octanol–water partition coefficient (Wildman–Crippen LogP) is 2.59. The lowest BCUT2D eigenvalue weighted by Gasteiger charge is -2.27. The Balaban J connectivity index is 1.82. The number of carbonyl (C=O) groups excluding carboxylic acids is 2. The Kier molecular flexibility index (Phi) is 7.73. The molecular formula is C19H28N2O4. The van der Waals surface area contributed by atoms with Crippen LogP contribution in [0.1, 0.15) is 32.6 Å². The van der Waals surface area contributed by atoms with Crippen LogP contribution in [-0.4, -0.2) is 38.7 Å². The molecule has 1 aromatic carbocycles. The van der Waals surface area contributed by atoms with Gasteiger partial charge in [-0.25, -0.2) is 0 Å². The van der Waals surface area contributed by atoms with Crippen molar-refractivity contribution in [3.05, 3.63) is 24.3 Å². The number of para-hydroxylation sites is 2. The van der Waals surface area contributed by atoms with Crippen molar-refractivity contribution in [1.82, 2.24) is 5.32 Å². The minimum atomic E-state index is -0.0577. The van der Waals surface area contributed by atoms with Crippen molar-refractivity contribution < 1.29 is 19.1 Å². The Morgan fingerprint density at radius 3 is 2.36 bits per heavy atom. The normalized spacial score (nSPS) is 19.9. The number of nitrogens with one attached hydrogen (secondary N) is 2. The van der Waals surface area contributed by atoms with Gasteiger partial charge in [0.05, 0.1) is 18.9 Å². The van der Waals surface area contributed by atoms with Gasteiger partial charge >= 0.3 is 0 Å². The largest absolute Gasteiger partial charge is 0.492 e. The van der Waals surface area contributed by atoms with Gasteiger partial charge in [-0.1, -0.05) is 12.1 Å². The molecule has 6 nitrogen and oxygen atoms in total. The zero-order valence-electron chi connectivity index (χ0n) is 15.0. The number of benzene rings is 1. The molecule has 0 aromatic heterocycles. The second-order valence-electron chi connectivity index (χ2n) is 6.25. The molecule has 0 bridgehead atoms. The summed E-state index contributed by atoms with van der Waals surface area (Å²) in [6.45, 7) is 3.51. The van der Waals surface area contributed by atoms with Crippen molar-refractivity contribution in [2.45, 2.75) is 32.6 Å². The molecular weight excluding hydrogens is 320 g/mol. The van der Waals surface area contributed by atoms with E-state index < -0.39 is 0 Å². The number of rotatable bonds is 8. The number of hydrogen-bond donors (Lipinski definition) is 2. The zero-order chi connectivity index (χ0) is 18.1. The second kappa shape index (κ2) is 10.0. The fourth-order valence-electron chi connectivity index (χ4n) is 3.12. The average Bonchev–Trinajstić information content (AvgIpc) is 2.64. The molecule has 1 saturated carbocycles. The number of hydrogen-bond acceptors (Lipinski definition) is 4. The van der Waals surface area contributed by atoms with E-state index in [0.717, 1.165) is 25.7 Å². The van der Waals surface area contributed by atoms with Gasteiger partial charge in [-0.15, -0.1) is 0 Å². The van der Waals surface area contributed by atoms with Crippen LogP contribution in [0.3, 0.4) is 0 Å². The smallest absolute Gasteiger partial charge is 0.227 e. The molecule has 0 heterocycles. The van der Waals surface area contributed by atoms with Gasteiger partial charge in [0.2, 0.25) is 11.8 Å². The molecule has 1 aliphatic carbocycles. The van der Waals surface area contributed by atoms with Gasteiger partial charge in [0.15, 0.2) is 0 Å². The highest BCUT2D eigenvalue weighted by molar-refractivity contribution is 5.94. The average molecular weight is 348 g/mol. The standard InChI is InChI=1S/C19H28N2O4/c1-3-25-17-7-5-4-6-16(17)21-19(23)15-10-8-14(9-11-15)18(22)20-12-13-24-2/h4-7,14-15H,3,8-13H2,1-2H3,(H,20,22)(H,21,23). The van der Waals surface area contributed by atoms with Crippen LogP contribution in [0.15, 0.2) is 24.3 Å². The summed E-state index contributed by atoms with van der Waals surface area (Å²) in [6, 6.07) is 7.45. The Bertz CT molecular complexity index is 568. The first-order chi connectivity index (χ1) is 12.2. The number of methoxy groups -OCH3 is 1. The molecule has 1 fully saturated rings. The third kappa shape index (κ3) is 5.74. The minimum absolute atomic E-state index is 0.00313. The van der Waals surface area contributed by atoms with Crippen LogP contribution in [0.5, 0.6) is 5.75 Å². The van der Waals surface area contributed by atoms with E-state index in [-0.39, 0.29) is 23.7 Å². The number of anilines is 1. The molecule has 0 atom stereocenters. The van der Waals surface area contributed by atoms with E-state index in [9.17, 15) is 9.59 Å². The van der Waals surface area contributed by atoms with Crippen molar-refractivity contribution in [3.8, 4) is 5.75 Å². The van der Waals surface area contributed by atoms with E-state index >= 15 is 0 Å². The summed E-state index contributed by atoms with van der Waals surface area (Å²) in [5.74, 6) is 0.696. The zero-order valence-corrected chi connectivity index (χ0v) is 15.0. The van der Waals surface area contributed by atoms with E-state index in [0.29, 0.717) is 31.2 Å². The van der Waals surface area contributed by atoms with Crippen LogP contribution < -0.4 is 15.4 Å². The quantitative estimate of drug-likeness (QED) is 0.708. The number of carbonyl (C=O) groups is 2. The van der Waals surface area contributed by atoms with E-state index in [1.165, 1.54) is 0 Å². The topological polar surface area (TPSA) is 76.7 Å². The van der Waals surface area contributed by atoms with E-state index in [2.05, 4.69) is 10.6 Å². The summed E-state index contributed by atoms with van der Waals surface area (Å²) in [5.41, 5.74) is 0.703. The van der Waals surface area contributed by atoms with E-state index in [1.807, 2.05) is 31.2 Å². The summed E-state index contributed by atoms with van der Waals surface area (Å²) < 4.78 is 10.5. The summed E-state index contributed by atoms with van der Waals surface area (Å²) in [5, 5.41) is 5.85. The monoisotopic (exact) mass is 348 g/mol. The van der Waals surface area contributed by atoms with Gasteiger partial charge in [0, 0.05) is 25.5 Å². The van der Waals surface area contributed by atoms with Crippen LogP contribution in [-0.2, 0) is 14.3 Å². The Morgan fingerprint density at radius 1 is 1.08 bits per heavy atom. The highest BCUT2D eigenvalue weighted by Gasteiger charge is 2.30. The maximum absolute atomic E-state index is 12.5. The van der Waals surface area contributed by atoms with Gasteiger partial charge in [-0.2, -0.15) is 0 Å². The highest BCUT2D eigenvalue weighted by Crippen LogP contribution is 2.31. The number of amides is 2. The molecule has 1 aliphatic rings. The maximum Gasteiger partial charge on any atom is 0.227 e. The summed E-state index contributed by atoms with van der Waals surface area (Å²) >= 11 is 0. The molecule has 6 heteroatoms. The van der Waals surface area contributed by atoms with Crippen LogP contribution in [0.4, 0.5) is 5.69 Å². The Hall–Kier alpha value is -2.08. The second-order valence-corrected chi connectivity index (χ2v) is 6.25. The number of ether oxygens (including phenoxy) is 2. The third-order valence-corrected chi connectivity index (χ3v) is 4.52. The van der Waals surface area contributed by atoms with Gasteiger partial charge in [-0.3, -0.25) is 9.59 Å². The molecule has 138 valence electrons. The molecule has 0 saturated heterocycles. The molecule has 1 aromatic rings. The fraction of sp³-hybridized carbons (Fsp3) is 0.579. The van der Waals surface area contributed by atoms with Crippen LogP contribution in [0.25, 0.3) is 0 Å². The molecule has 0 spiro atoms. The minimum Gasteiger partial charge on any atom is -0.492 e. The van der Waals surface area contributed by atoms with Gasteiger partial charge in [-0.05, 0) is 44.7 Å². The molecule has 0 aliphatic heterocycles. The first-order valence-corrected chi connectivity index (χ1v) is 8.95. The third-order valence-electron chi connectivity index (χ3n) is 4.52. The lowest BCUT2D eigenvalue weighted by Crippen LogP contribution is -2.36. The van der Waals surface area contributed by atoms with Crippen molar-refractivity contribution in [2.24, 2.45) is 11.8 Å².